The van der Waals surface area contributed by atoms with Gasteiger partial charge in [-0.05, 0) is 18.2 Å². The van der Waals surface area contributed by atoms with E-state index in [9.17, 15) is 40.2 Å². The maximum Gasteiger partial charge on any atom is 0.335 e. The molecule has 2 aromatic carbocycles. The largest absolute Gasteiger partial charge is 0.508 e. The van der Waals surface area contributed by atoms with Crippen molar-refractivity contribution in [3.05, 3.63) is 41.5 Å². The van der Waals surface area contributed by atoms with E-state index in [1.807, 2.05) is 0 Å². The summed E-state index contributed by atoms with van der Waals surface area (Å²) >= 11 is 0. The molecule has 1 fully saturated rings. The first-order chi connectivity index (χ1) is 15.6. The molecule has 1 saturated heterocycles. The number of aliphatic carboxylic acids is 1. The molecular formula is C21H20O12. The molecule has 176 valence electrons. The highest BCUT2D eigenvalue weighted by Gasteiger charge is 2.48. The molecule has 0 bridgehead atoms. The highest BCUT2D eigenvalue weighted by molar-refractivity contribution is 6.02. The standard InChI is InChI=1S/C21H20O12/c22-7-1-2-10(23)9(3-7)13-6-12(25)15-11(24)4-8(5-14(15)32-13)31-21-18(28)16(26)17(27)19(33-21)20(29)30/h1-5,13,16-19,21-24,26-28H,6H2,(H,29,30)/t13-,16+,17+,18+,19-,21-/m0/s1. The number of aliphatic hydroxyl groups excluding tert-OH is 3. The number of carbonyl (C=O) groups excluding carboxylic acids is 1. The monoisotopic (exact) mass is 464 g/mol. The topological polar surface area (TPSA) is 203 Å². The Morgan fingerprint density at radius 2 is 1.70 bits per heavy atom. The Morgan fingerprint density at radius 3 is 2.39 bits per heavy atom. The first kappa shape index (κ1) is 22.6. The minimum absolute atomic E-state index is 0.132. The Bertz CT molecular complexity index is 1100. The summed E-state index contributed by atoms with van der Waals surface area (Å²) < 4.78 is 16.2. The molecule has 33 heavy (non-hydrogen) atoms. The van der Waals surface area contributed by atoms with Crippen molar-refractivity contribution in [3.8, 4) is 28.7 Å². The van der Waals surface area contributed by atoms with E-state index in [1.54, 1.807) is 0 Å². The first-order valence-corrected chi connectivity index (χ1v) is 9.74. The molecule has 2 aliphatic rings. The lowest BCUT2D eigenvalue weighted by Crippen LogP contribution is -2.61. The number of hydrogen-bond acceptors (Lipinski definition) is 11. The van der Waals surface area contributed by atoms with Crippen LogP contribution < -0.4 is 9.47 Å². The third-order valence-corrected chi connectivity index (χ3v) is 5.40. The fraction of sp³-hybridized carbons (Fsp3) is 0.333. The zero-order valence-corrected chi connectivity index (χ0v) is 16.7. The van der Waals surface area contributed by atoms with Gasteiger partial charge in [0.2, 0.25) is 6.29 Å². The second kappa shape index (κ2) is 8.41. The highest BCUT2D eigenvalue weighted by Crippen LogP contribution is 2.44. The summed E-state index contributed by atoms with van der Waals surface area (Å²) in [6, 6.07) is 5.88. The van der Waals surface area contributed by atoms with Crippen LogP contribution in [-0.4, -0.2) is 78.2 Å². The first-order valence-electron chi connectivity index (χ1n) is 9.74. The lowest BCUT2D eigenvalue weighted by atomic mass is 9.95. The Balaban J connectivity index is 1.63. The number of carbonyl (C=O) groups is 2. The molecule has 7 N–H and O–H groups in total. The summed E-state index contributed by atoms with van der Waals surface area (Å²) in [6.07, 6.45) is -10.5. The van der Waals surface area contributed by atoms with E-state index >= 15 is 0 Å². The predicted molar refractivity (Wildman–Crippen MR) is 105 cm³/mol. The van der Waals surface area contributed by atoms with Crippen LogP contribution in [0.4, 0.5) is 0 Å². The van der Waals surface area contributed by atoms with Crippen LogP contribution in [-0.2, 0) is 9.53 Å². The number of rotatable bonds is 4. The van der Waals surface area contributed by atoms with E-state index in [1.165, 1.54) is 24.3 Å². The summed E-state index contributed by atoms with van der Waals surface area (Å²) in [6.45, 7) is 0. The van der Waals surface area contributed by atoms with Crippen molar-refractivity contribution in [1.82, 2.24) is 0 Å². The van der Waals surface area contributed by atoms with E-state index in [0.717, 1.165) is 6.07 Å². The predicted octanol–water partition coefficient (Wildman–Crippen LogP) is -0.219. The number of benzene rings is 2. The number of ether oxygens (including phenoxy) is 3. The van der Waals surface area contributed by atoms with E-state index < -0.39 is 54.3 Å². The molecule has 2 aromatic rings. The third kappa shape index (κ3) is 4.12. The van der Waals surface area contributed by atoms with Crippen molar-refractivity contribution >= 4 is 11.8 Å². The number of aromatic hydroxyl groups is 3. The Kier molecular flexibility index (Phi) is 5.76. The molecule has 12 heteroatoms. The highest BCUT2D eigenvalue weighted by atomic mass is 16.7. The van der Waals surface area contributed by atoms with Gasteiger partial charge in [0.05, 0.1) is 6.42 Å². The quantitative estimate of drug-likeness (QED) is 0.294. The minimum atomic E-state index is -1.91. The summed E-state index contributed by atoms with van der Waals surface area (Å²) in [5, 5.41) is 69.0. The summed E-state index contributed by atoms with van der Waals surface area (Å²) in [5.74, 6) is -3.40. The fourth-order valence-electron chi connectivity index (χ4n) is 3.74. The van der Waals surface area contributed by atoms with Gasteiger partial charge in [-0.25, -0.2) is 4.79 Å². The number of ketones is 1. The van der Waals surface area contributed by atoms with Gasteiger partial charge in [-0.15, -0.1) is 0 Å². The molecule has 12 nitrogen and oxygen atoms in total. The lowest BCUT2D eigenvalue weighted by molar-refractivity contribution is -0.271. The molecule has 0 radical (unpaired) electrons. The number of Topliss-reactive ketones (excluding diaryl/α,β-unsaturated/α-hetero) is 1. The van der Waals surface area contributed by atoms with Gasteiger partial charge in [0.15, 0.2) is 11.9 Å². The van der Waals surface area contributed by atoms with Crippen LogP contribution in [0, 0.1) is 0 Å². The molecule has 6 atom stereocenters. The van der Waals surface area contributed by atoms with Gasteiger partial charge < -0.3 is 50.0 Å². The number of carboxylic acids is 1. The normalized spacial score (nSPS) is 29.1. The fourth-order valence-corrected chi connectivity index (χ4v) is 3.74. The molecule has 0 aliphatic carbocycles. The third-order valence-electron chi connectivity index (χ3n) is 5.40. The number of carboxylic acid groups (broad SMARTS) is 1. The molecule has 2 heterocycles. The molecule has 0 unspecified atom stereocenters. The zero-order chi connectivity index (χ0) is 24.0. The molecular weight excluding hydrogens is 444 g/mol. The number of phenolic OH excluding ortho intramolecular Hbond substituents is 3. The van der Waals surface area contributed by atoms with Crippen LogP contribution in [0.5, 0.6) is 28.7 Å². The maximum atomic E-state index is 12.6. The zero-order valence-electron chi connectivity index (χ0n) is 16.7. The SMILES string of the molecule is O=C1C[C@@H](c2cc(O)ccc2O)Oc2cc(O[C@H]3O[C@H](C(=O)O)[C@H](O)[C@@H](O)[C@H]3O)cc(O)c21. The number of phenols is 3. The number of aliphatic hydroxyl groups is 3. The molecule has 0 saturated carbocycles. The molecule has 0 spiro atoms. The molecule has 2 aliphatic heterocycles. The minimum Gasteiger partial charge on any atom is -0.508 e. The maximum absolute atomic E-state index is 12.6. The summed E-state index contributed by atoms with van der Waals surface area (Å²) in [4.78, 5) is 23.9. The Morgan fingerprint density at radius 1 is 0.970 bits per heavy atom. The second-order valence-electron chi connectivity index (χ2n) is 7.65. The van der Waals surface area contributed by atoms with Gasteiger partial charge in [0.1, 0.15) is 58.7 Å². The number of fused-ring (bicyclic) bond motifs is 1. The van der Waals surface area contributed by atoms with Crippen molar-refractivity contribution in [2.24, 2.45) is 0 Å². The van der Waals surface area contributed by atoms with Crippen LogP contribution in [0.1, 0.15) is 28.4 Å². The van der Waals surface area contributed by atoms with Gasteiger partial charge >= 0.3 is 5.97 Å². The average Bonchev–Trinajstić information content (AvgIpc) is 2.75. The van der Waals surface area contributed by atoms with Gasteiger partial charge in [-0.2, -0.15) is 0 Å². The van der Waals surface area contributed by atoms with Gasteiger partial charge in [0.25, 0.3) is 0 Å². The molecule has 0 amide bonds. The van der Waals surface area contributed by atoms with Crippen molar-refractivity contribution in [1.29, 1.82) is 0 Å². The van der Waals surface area contributed by atoms with Crippen molar-refractivity contribution in [2.75, 3.05) is 0 Å². The van der Waals surface area contributed by atoms with Crippen LogP contribution in [0.25, 0.3) is 0 Å². The lowest BCUT2D eigenvalue weighted by Gasteiger charge is -2.38. The van der Waals surface area contributed by atoms with Gasteiger partial charge in [-0.1, -0.05) is 0 Å². The number of hydrogen-bond donors (Lipinski definition) is 7. The Hall–Kier alpha value is -3.58. The van der Waals surface area contributed by atoms with Crippen molar-refractivity contribution < 1.29 is 59.5 Å². The van der Waals surface area contributed by atoms with Crippen LogP contribution in [0.15, 0.2) is 30.3 Å². The van der Waals surface area contributed by atoms with Crippen molar-refractivity contribution in [3.63, 3.8) is 0 Å². The molecule has 4 rings (SSSR count). The second-order valence-corrected chi connectivity index (χ2v) is 7.65. The van der Waals surface area contributed by atoms with Crippen molar-refractivity contribution in [2.45, 2.75) is 43.2 Å². The molecule has 0 aromatic heterocycles. The van der Waals surface area contributed by atoms with Gasteiger partial charge in [-0.3, -0.25) is 4.79 Å². The van der Waals surface area contributed by atoms with E-state index in [2.05, 4.69) is 0 Å². The van der Waals surface area contributed by atoms with Crippen LogP contribution in [0.3, 0.4) is 0 Å². The van der Waals surface area contributed by atoms with Crippen LogP contribution in [0.2, 0.25) is 0 Å². The average molecular weight is 464 g/mol. The summed E-state index contributed by atoms with van der Waals surface area (Å²) in [5.41, 5.74) is -0.0329. The van der Waals surface area contributed by atoms with E-state index in [-0.39, 0.29) is 40.5 Å². The van der Waals surface area contributed by atoms with Gasteiger partial charge in [0, 0.05) is 17.7 Å². The van der Waals surface area contributed by atoms with E-state index in [0.29, 0.717) is 0 Å². The summed E-state index contributed by atoms with van der Waals surface area (Å²) in [7, 11) is 0. The van der Waals surface area contributed by atoms with E-state index in [4.69, 9.17) is 19.3 Å². The smallest absolute Gasteiger partial charge is 0.335 e. The Labute approximate surface area is 185 Å². The van der Waals surface area contributed by atoms with Crippen LogP contribution >= 0.6 is 0 Å².